The molecule has 0 aliphatic heterocycles. The van der Waals surface area contributed by atoms with Crippen molar-refractivity contribution in [1.82, 2.24) is 0 Å². The smallest absolute Gasteiger partial charge is 0.159 e. The zero-order chi connectivity index (χ0) is 15.5. The Kier molecular flexibility index (Phi) is 9.70. The molecule has 0 aromatic rings. The molecule has 0 heterocycles. The molecule has 1 aliphatic rings. The average Bonchev–Trinajstić information content (AvgIpc) is 2.46. The van der Waals surface area contributed by atoms with E-state index in [2.05, 4.69) is 20.8 Å². The standard InChI is InChI=1S/C20H36O/c1-4-7-8-9-10-11-14-17-15-18(12-5-2)19(13-6-3)20(21)16-17/h17H,4-16H2,1-3H3. The molecule has 0 aromatic carbocycles. The Morgan fingerprint density at radius 1 is 0.810 bits per heavy atom. The van der Waals surface area contributed by atoms with Gasteiger partial charge in [0.1, 0.15) is 0 Å². The lowest BCUT2D eigenvalue weighted by atomic mass is 9.78. The third-order valence-corrected chi connectivity index (χ3v) is 4.79. The summed E-state index contributed by atoms with van der Waals surface area (Å²) in [6, 6.07) is 0. The molecule has 1 unspecified atom stereocenters. The van der Waals surface area contributed by atoms with E-state index in [1.807, 2.05) is 0 Å². The Balaban J connectivity index is 2.40. The number of Topliss-reactive ketones (excluding diaryl/α,β-unsaturated/α-hetero) is 1. The molecule has 21 heavy (non-hydrogen) atoms. The number of carbonyl (C=O) groups excluding carboxylic acids is 1. The van der Waals surface area contributed by atoms with Crippen LogP contribution in [0.2, 0.25) is 0 Å². The van der Waals surface area contributed by atoms with Gasteiger partial charge in [0.2, 0.25) is 0 Å². The van der Waals surface area contributed by atoms with Gasteiger partial charge in [-0.25, -0.2) is 0 Å². The van der Waals surface area contributed by atoms with Gasteiger partial charge in [-0.15, -0.1) is 0 Å². The highest BCUT2D eigenvalue weighted by atomic mass is 16.1. The molecule has 0 saturated heterocycles. The van der Waals surface area contributed by atoms with E-state index in [1.165, 1.54) is 68.9 Å². The molecule has 1 atom stereocenters. The molecule has 0 fully saturated rings. The molecule has 1 rings (SSSR count). The number of allylic oxidation sites excluding steroid dienone is 2. The molecule has 1 nitrogen and oxygen atoms in total. The second-order valence-electron chi connectivity index (χ2n) is 6.84. The molecule has 0 saturated carbocycles. The Bertz CT molecular complexity index is 327. The third kappa shape index (κ3) is 6.80. The van der Waals surface area contributed by atoms with Crippen molar-refractivity contribution >= 4 is 5.78 Å². The first-order chi connectivity index (χ1) is 10.2. The lowest BCUT2D eigenvalue weighted by molar-refractivity contribution is -0.117. The van der Waals surface area contributed by atoms with Gasteiger partial charge >= 0.3 is 0 Å². The third-order valence-electron chi connectivity index (χ3n) is 4.79. The summed E-state index contributed by atoms with van der Waals surface area (Å²) in [5.41, 5.74) is 2.71. The number of unbranched alkanes of at least 4 members (excludes halogenated alkanes) is 5. The Morgan fingerprint density at radius 2 is 1.48 bits per heavy atom. The highest BCUT2D eigenvalue weighted by Crippen LogP contribution is 2.34. The summed E-state index contributed by atoms with van der Waals surface area (Å²) in [6.07, 6.45) is 15.9. The topological polar surface area (TPSA) is 17.1 Å². The Morgan fingerprint density at radius 3 is 2.14 bits per heavy atom. The van der Waals surface area contributed by atoms with Crippen molar-refractivity contribution in [1.29, 1.82) is 0 Å². The molecular formula is C20H36O. The van der Waals surface area contributed by atoms with Crippen molar-refractivity contribution in [3.8, 4) is 0 Å². The van der Waals surface area contributed by atoms with E-state index >= 15 is 0 Å². The van der Waals surface area contributed by atoms with Gasteiger partial charge in [-0.3, -0.25) is 4.79 Å². The normalized spacial score (nSPS) is 19.4. The quantitative estimate of drug-likeness (QED) is 0.391. The van der Waals surface area contributed by atoms with Crippen molar-refractivity contribution in [3.05, 3.63) is 11.1 Å². The molecule has 0 aromatic heterocycles. The maximum absolute atomic E-state index is 12.4. The van der Waals surface area contributed by atoms with Crippen LogP contribution in [-0.2, 0) is 4.79 Å². The fourth-order valence-electron chi connectivity index (χ4n) is 3.66. The van der Waals surface area contributed by atoms with Gasteiger partial charge in [-0.05, 0) is 37.2 Å². The van der Waals surface area contributed by atoms with E-state index < -0.39 is 0 Å². The van der Waals surface area contributed by atoms with Crippen LogP contribution in [0.4, 0.5) is 0 Å². The van der Waals surface area contributed by atoms with Crippen LogP contribution in [0.1, 0.15) is 104 Å². The van der Waals surface area contributed by atoms with Gasteiger partial charge in [0, 0.05) is 6.42 Å². The van der Waals surface area contributed by atoms with Crippen LogP contribution in [0.5, 0.6) is 0 Å². The number of rotatable bonds is 11. The van der Waals surface area contributed by atoms with Gasteiger partial charge in [0.25, 0.3) is 0 Å². The van der Waals surface area contributed by atoms with Crippen LogP contribution in [0, 0.1) is 5.92 Å². The van der Waals surface area contributed by atoms with Crippen molar-refractivity contribution in [2.24, 2.45) is 5.92 Å². The molecule has 0 spiro atoms. The summed E-state index contributed by atoms with van der Waals surface area (Å²) in [5.74, 6) is 1.12. The second kappa shape index (κ2) is 11.0. The summed E-state index contributed by atoms with van der Waals surface area (Å²) in [4.78, 5) is 12.4. The molecule has 1 heteroatoms. The summed E-state index contributed by atoms with van der Waals surface area (Å²) in [6.45, 7) is 6.69. The number of hydrogen-bond acceptors (Lipinski definition) is 1. The van der Waals surface area contributed by atoms with Crippen LogP contribution in [-0.4, -0.2) is 5.78 Å². The van der Waals surface area contributed by atoms with E-state index in [0.29, 0.717) is 11.7 Å². The fraction of sp³-hybridized carbons (Fsp3) is 0.850. The molecular weight excluding hydrogens is 256 g/mol. The van der Waals surface area contributed by atoms with Crippen molar-refractivity contribution in [2.45, 2.75) is 104 Å². The molecule has 1 aliphatic carbocycles. The first kappa shape index (κ1) is 18.5. The van der Waals surface area contributed by atoms with Crippen LogP contribution < -0.4 is 0 Å². The summed E-state index contributed by atoms with van der Waals surface area (Å²) in [7, 11) is 0. The zero-order valence-electron chi connectivity index (χ0n) is 14.7. The van der Waals surface area contributed by atoms with Crippen LogP contribution in [0.3, 0.4) is 0 Å². The minimum Gasteiger partial charge on any atom is -0.295 e. The maximum atomic E-state index is 12.4. The van der Waals surface area contributed by atoms with Crippen molar-refractivity contribution in [3.63, 3.8) is 0 Å². The average molecular weight is 293 g/mol. The van der Waals surface area contributed by atoms with Crippen molar-refractivity contribution < 1.29 is 4.79 Å². The lowest BCUT2D eigenvalue weighted by Gasteiger charge is -2.26. The minimum atomic E-state index is 0.475. The molecule has 0 bridgehead atoms. The van der Waals surface area contributed by atoms with Gasteiger partial charge in [-0.2, -0.15) is 0 Å². The van der Waals surface area contributed by atoms with Crippen LogP contribution >= 0.6 is 0 Å². The first-order valence-electron chi connectivity index (χ1n) is 9.46. The van der Waals surface area contributed by atoms with Gasteiger partial charge in [0.15, 0.2) is 5.78 Å². The van der Waals surface area contributed by atoms with E-state index in [-0.39, 0.29) is 0 Å². The van der Waals surface area contributed by atoms with Crippen LogP contribution in [0.15, 0.2) is 11.1 Å². The lowest BCUT2D eigenvalue weighted by Crippen LogP contribution is -2.19. The molecule has 0 N–H and O–H groups in total. The number of ketones is 1. The molecule has 0 radical (unpaired) electrons. The highest BCUT2D eigenvalue weighted by Gasteiger charge is 2.25. The second-order valence-corrected chi connectivity index (χ2v) is 6.84. The van der Waals surface area contributed by atoms with E-state index in [4.69, 9.17) is 0 Å². The fourth-order valence-corrected chi connectivity index (χ4v) is 3.66. The van der Waals surface area contributed by atoms with E-state index in [0.717, 1.165) is 25.7 Å². The maximum Gasteiger partial charge on any atom is 0.159 e. The zero-order valence-corrected chi connectivity index (χ0v) is 14.7. The molecule has 122 valence electrons. The highest BCUT2D eigenvalue weighted by molar-refractivity contribution is 5.97. The first-order valence-corrected chi connectivity index (χ1v) is 9.46. The summed E-state index contributed by atoms with van der Waals surface area (Å²) >= 11 is 0. The number of carbonyl (C=O) groups is 1. The van der Waals surface area contributed by atoms with E-state index in [1.54, 1.807) is 0 Å². The Hall–Kier alpha value is -0.590. The largest absolute Gasteiger partial charge is 0.295 e. The van der Waals surface area contributed by atoms with Crippen molar-refractivity contribution in [2.75, 3.05) is 0 Å². The van der Waals surface area contributed by atoms with Gasteiger partial charge in [-0.1, -0.05) is 77.7 Å². The SMILES string of the molecule is CCCCCCCCC1CC(=O)C(CCC)=C(CCC)C1. The number of hydrogen-bond donors (Lipinski definition) is 0. The predicted octanol–water partition coefficient (Wildman–Crippen LogP) is 6.61. The van der Waals surface area contributed by atoms with E-state index in [9.17, 15) is 4.79 Å². The van der Waals surface area contributed by atoms with Gasteiger partial charge < -0.3 is 0 Å². The summed E-state index contributed by atoms with van der Waals surface area (Å²) < 4.78 is 0. The van der Waals surface area contributed by atoms with Crippen LogP contribution in [0.25, 0.3) is 0 Å². The summed E-state index contributed by atoms with van der Waals surface area (Å²) in [5, 5.41) is 0. The predicted molar refractivity (Wildman–Crippen MR) is 92.6 cm³/mol. The molecule has 0 amide bonds. The minimum absolute atomic E-state index is 0.475. The van der Waals surface area contributed by atoms with Gasteiger partial charge in [0.05, 0.1) is 0 Å². The monoisotopic (exact) mass is 292 g/mol. The Labute approximate surface area is 132 Å².